The van der Waals surface area contributed by atoms with Crippen molar-refractivity contribution >= 4 is 24.7 Å². The van der Waals surface area contributed by atoms with Crippen LogP contribution < -0.4 is 10.4 Å². The molecule has 0 fully saturated rings. The summed E-state index contributed by atoms with van der Waals surface area (Å²) in [7, 11) is -2.57. The van der Waals surface area contributed by atoms with Crippen LogP contribution in [-0.2, 0) is 9.22 Å². The second kappa shape index (κ2) is 8.85. The molecule has 0 aliphatic rings. The molecule has 2 rings (SSSR count). The molecule has 0 spiro atoms. The quantitative estimate of drug-likeness (QED) is 0.684. The maximum Gasteiger partial charge on any atom is 0.303 e. The number of carboxylic acid groups (broad SMARTS) is 1. The molecule has 0 heterocycles. The first-order chi connectivity index (χ1) is 12.7. The van der Waals surface area contributed by atoms with Crippen molar-refractivity contribution in [1.82, 2.24) is 0 Å². The fourth-order valence-corrected chi connectivity index (χ4v) is 8.70. The lowest BCUT2D eigenvalue weighted by atomic mass is 10.0. The minimum atomic E-state index is -2.57. The molecule has 3 nitrogen and oxygen atoms in total. The Bertz CT molecular complexity index is 683. The summed E-state index contributed by atoms with van der Waals surface area (Å²) >= 11 is 0. The monoisotopic (exact) mass is 384 g/mol. The normalized spacial score (nSPS) is 14.6. The average molecular weight is 385 g/mol. The average Bonchev–Trinajstić information content (AvgIpc) is 2.59. The number of rotatable bonds is 8. The van der Waals surface area contributed by atoms with Gasteiger partial charge in [-0.15, -0.1) is 0 Å². The Morgan fingerprint density at radius 1 is 0.963 bits per heavy atom. The SMILES string of the molecule is C[C@H](CC(=O)O)C[C@@H](C)O[Si](c1ccccc1)(c1ccccc1)C(C)(C)C. The second-order valence-electron chi connectivity index (χ2n) is 8.53. The number of benzene rings is 2. The minimum Gasteiger partial charge on any atom is -0.481 e. The van der Waals surface area contributed by atoms with Crippen LogP contribution in [0.4, 0.5) is 0 Å². The zero-order valence-corrected chi connectivity index (χ0v) is 18.1. The Kier molecular flexibility index (Phi) is 7.01. The molecule has 1 N–H and O–H groups in total. The van der Waals surface area contributed by atoms with Gasteiger partial charge in [-0.05, 0) is 34.7 Å². The maximum atomic E-state index is 11.0. The molecule has 0 aromatic heterocycles. The van der Waals surface area contributed by atoms with Crippen LogP contribution >= 0.6 is 0 Å². The lowest BCUT2D eigenvalue weighted by Crippen LogP contribution is -2.67. The number of carbonyl (C=O) groups is 1. The topological polar surface area (TPSA) is 46.5 Å². The van der Waals surface area contributed by atoms with E-state index in [-0.39, 0.29) is 23.5 Å². The van der Waals surface area contributed by atoms with E-state index in [4.69, 9.17) is 9.53 Å². The van der Waals surface area contributed by atoms with E-state index in [0.717, 1.165) is 6.42 Å². The lowest BCUT2D eigenvalue weighted by Gasteiger charge is -2.45. The highest BCUT2D eigenvalue weighted by Crippen LogP contribution is 2.38. The second-order valence-corrected chi connectivity index (χ2v) is 12.8. The standard InChI is InChI=1S/C23H32O3Si/c1-18(17-22(24)25)16-19(2)26-27(23(3,4)5,20-12-8-6-9-13-20)21-14-10-7-11-15-21/h6-15,18-19H,16-17H2,1-5H3,(H,24,25)/t18-,19+/m0/s1. The van der Waals surface area contributed by atoms with Crippen LogP contribution in [0.1, 0.15) is 47.5 Å². The predicted octanol–water partition coefficient (Wildman–Crippen LogP) is 4.45. The highest BCUT2D eigenvalue weighted by molar-refractivity contribution is 6.99. The summed E-state index contributed by atoms with van der Waals surface area (Å²) in [5.41, 5.74) is 0. The van der Waals surface area contributed by atoms with Crippen molar-refractivity contribution in [3.8, 4) is 0 Å². The van der Waals surface area contributed by atoms with Gasteiger partial charge in [-0.1, -0.05) is 88.4 Å². The first-order valence-corrected chi connectivity index (χ1v) is 11.6. The highest BCUT2D eigenvalue weighted by Gasteiger charge is 2.51. The molecular formula is C23H32O3Si. The summed E-state index contributed by atoms with van der Waals surface area (Å²) in [6, 6.07) is 21.1. The van der Waals surface area contributed by atoms with E-state index in [9.17, 15) is 4.79 Å². The summed E-state index contributed by atoms with van der Waals surface area (Å²) in [5, 5.41) is 11.5. The zero-order chi connectivity index (χ0) is 20.1. The van der Waals surface area contributed by atoms with Gasteiger partial charge in [0.05, 0.1) is 0 Å². The van der Waals surface area contributed by atoms with E-state index in [1.165, 1.54) is 10.4 Å². The van der Waals surface area contributed by atoms with Crippen molar-refractivity contribution in [3.63, 3.8) is 0 Å². The number of carboxylic acids is 1. The minimum absolute atomic E-state index is 0.0225. The Balaban J connectivity index is 2.48. The molecule has 4 heteroatoms. The summed E-state index contributed by atoms with van der Waals surface area (Å²) in [6.45, 7) is 10.8. The molecule has 0 saturated heterocycles. The van der Waals surface area contributed by atoms with Crippen LogP contribution in [0.25, 0.3) is 0 Å². The highest BCUT2D eigenvalue weighted by atomic mass is 28.4. The van der Waals surface area contributed by atoms with E-state index in [1.807, 2.05) is 19.1 Å². The summed E-state index contributed by atoms with van der Waals surface area (Å²) in [6.07, 6.45) is 0.885. The van der Waals surface area contributed by atoms with Gasteiger partial charge in [0.25, 0.3) is 8.32 Å². The van der Waals surface area contributed by atoms with Gasteiger partial charge >= 0.3 is 5.97 Å². The molecule has 0 saturated carbocycles. The van der Waals surface area contributed by atoms with E-state index in [2.05, 4.69) is 76.2 Å². The fraction of sp³-hybridized carbons (Fsp3) is 0.435. The van der Waals surface area contributed by atoms with Crippen molar-refractivity contribution < 1.29 is 14.3 Å². The summed E-state index contributed by atoms with van der Waals surface area (Å²) in [4.78, 5) is 11.0. The molecule has 146 valence electrons. The van der Waals surface area contributed by atoms with Crippen molar-refractivity contribution in [3.05, 3.63) is 60.7 Å². The van der Waals surface area contributed by atoms with E-state index in [1.54, 1.807) is 0 Å². The largest absolute Gasteiger partial charge is 0.481 e. The van der Waals surface area contributed by atoms with Gasteiger partial charge in [-0.3, -0.25) is 4.79 Å². The Labute approximate surface area is 164 Å². The van der Waals surface area contributed by atoms with E-state index < -0.39 is 14.3 Å². The molecule has 0 aliphatic carbocycles. The summed E-state index contributed by atoms with van der Waals surface area (Å²) in [5.74, 6) is -0.670. The van der Waals surface area contributed by atoms with Crippen molar-refractivity contribution in [2.75, 3.05) is 0 Å². The molecule has 0 unspecified atom stereocenters. The molecule has 0 bridgehead atoms. The molecule has 0 aliphatic heterocycles. The third kappa shape index (κ3) is 5.08. The molecular weight excluding hydrogens is 352 g/mol. The Morgan fingerprint density at radius 3 is 1.78 bits per heavy atom. The Hall–Kier alpha value is -1.91. The summed E-state index contributed by atoms with van der Waals surface area (Å²) < 4.78 is 6.97. The zero-order valence-electron chi connectivity index (χ0n) is 17.1. The van der Waals surface area contributed by atoms with Gasteiger partial charge in [0.1, 0.15) is 0 Å². The van der Waals surface area contributed by atoms with Crippen LogP contribution in [-0.4, -0.2) is 25.5 Å². The molecule has 2 atom stereocenters. The van der Waals surface area contributed by atoms with Crippen LogP contribution in [0.2, 0.25) is 5.04 Å². The van der Waals surface area contributed by atoms with Crippen LogP contribution in [0.5, 0.6) is 0 Å². The number of hydrogen-bond donors (Lipinski definition) is 1. The van der Waals surface area contributed by atoms with Crippen molar-refractivity contribution in [2.45, 2.75) is 58.6 Å². The Morgan fingerprint density at radius 2 is 1.41 bits per heavy atom. The fourth-order valence-electron chi connectivity index (χ4n) is 3.99. The van der Waals surface area contributed by atoms with Gasteiger partial charge in [-0.2, -0.15) is 0 Å². The molecule has 2 aromatic rings. The molecule has 27 heavy (non-hydrogen) atoms. The van der Waals surface area contributed by atoms with E-state index in [0.29, 0.717) is 0 Å². The van der Waals surface area contributed by atoms with E-state index >= 15 is 0 Å². The van der Waals surface area contributed by atoms with Gasteiger partial charge in [0, 0.05) is 12.5 Å². The first-order valence-electron chi connectivity index (χ1n) is 9.67. The smallest absolute Gasteiger partial charge is 0.303 e. The van der Waals surface area contributed by atoms with Crippen molar-refractivity contribution in [2.24, 2.45) is 5.92 Å². The van der Waals surface area contributed by atoms with Crippen LogP contribution in [0, 0.1) is 5.92 Å². The third-order valence-electron chi connectivity index (χ3n) is 5.05. The molecule has 0 radical (unpaired) electrons. The maximum absolute atomic E-state index is 11.0. The van der Waals surface area contributed by atoms with Crippen LogP contribution in [0.3, 0.4) is 0 Å². The first kappa shape index (κ1) is 21.4. The van der Waals surface area contributed by atoms with Gasteiger partial charge < -0.3 is 9.53 Å². The van der Waals surface area contributed by atoms with Gasteiger partial charge in [-0.25, -0.2) is 0 Å². The third-order valence-corrected chi connectivity index (χ3v) is 10.2. The number of hydrogen-bond acceptors (Lipinski definition) is 2. The van der Waals surface area contributed by atoms with Gasteiger partial charge in [0.15, 0.2) is 0 Å². The van der Waals surface area contributed by atoms with Crippen molar-refractivity contribution in [1.29, 1.82) is 0 Å². The van der Waals surface area contributed by atoms with Crippen LogP contribution in [0.15, 0.2) is 60.7 Å². The predicted molar refractivity (Wildman–Crippen MR) is 114 cm³/mol. The van der Waals surface area contributed by atoms with Gasteiger partial charge in [0.2, 0.25) is 0 Å². The molecule has 0 amide bonds. The molecule has 2 aromatic carbocycles. The number of aliphatic carboxylic acids is 1. The lowest BCUT2D eigenvalue weighted by molar-refractivity contribution is -0.138.